The molecule has 76 valence electrons. The van der Waals surface area contributed by atoms with Crippen molar-refractivity contribution in [2.24, 2.45) is 0 Å². The predicted octanol–water partition coefficient (Wildman–Crippen LogP) is 4.46. The van der Waals surface area contributed by atoms with Gasteiger partial charge in [0.15, 0.2) is 0 Å². The summed E-state index contributed by atoms with van der Waals surface area (Å²) in [6.45, 7) is 2.16. The molecular weight excluding hydrogens is 283 g/mol. The Labute approximate surface area is 100 Å². The van der Waals surface area contributed by atoms with Crippen LogP contribution in [-0.2, 0) is 0 Å². The van der Waals surface area contributed by atoms with Gasteiger partial charge in [-0.15, -0.1) is 0 Å². The van der Waals surface area contributed by atoms with Gasteiger partial charge in [0.25, 0.3) is 0 Å². The zero-order chi connectivity index (χ0) is 9.97. The summed E-state index contributed by atoms with van der Waals surface area (Å²) in [6.07, 6.45) is 5.57. The summed E-state index contributed by atoms with van der Waals surface area (Å²) < 4.78 is 0.925. The molecule has 0 aromatic heterocycles. The molecule has 0 amide bonds. The lowest BCUT2D eigenvalue weighted by Crippen LogP contribution is -2.12. The summed E-state index contributed by atoms with van der Waals surface area (Å²) in [5, 5.41) is 0. The molecule has 0 N–H and O–H groups in total. The van der Waals surface area contributed by atoms with Crippen LogP contribution in [0.4, 0.5) is 0 Å². The van der Waals surface area contributed by atoms with Gasteiger partial charge in [0.1, 0.15) is 0 Å². The first-order chi connectivity index (χ1) is 6.75. The number of benzene rings is 1. The van der Waals surface area contributed by atoms with E-state index in [9.17, 15) is 0 Å². The second-order valence-electron chi connectivity index (χ2n) is 4.36. The lowest BCUT2D eigenvalue weighted by molar-refractivity contribution is 0.462. The van der Waals surface area contributed by atoms with Crippen LogP contribution < -0.4 is 0 Å². The number of rotatable bonds is 1. The van der Waals surface area contributed by atoms with Gasteiger partial charge in [-0.25, -0.2) is 0 Å². The quantitative estimate of drug-likeness (QED) is 0.531. The van der Waals surface area contributed by atoms with Crippen molar-refractivity contribution in [3.05, 3.63) is 35.4 Å². The Morgan fingerprint density at radius 3 is 2.14 bits per heavy atom. The SMILES string of the molecule is Cc1ccc(C2CCC(I)CC2)cc1. The fraction of sp³-hybridized carbons (Fsp3) is 0.538. The van der Waals surface area contributed by atoms with Crippen LogP contribution in [0.2, 0.25) is 0 Å². The van der Waals surface area contributed by atoms with E-state index in [0.29, 0.717) is 0 Å². The van der Waals surface area contributed by atoms with Gasteiger partial charge in [-0.2, -0.15) is 0 Å². The Morgan fingerprint density at radius 2 is 1.57 bits per heavy atom. The molecule has 1 fully saturated rings. The highest BCUT2D eigenvalue weighted by atomic mass is 127. The van der Waals surface area contributed by atoms with Crippen LogP contribution >= 0.6 is 22.6 Å². The molecule has 1 saturated carbocycles. The third kappa shape index (κ3) is 2.50. The number of alkyl halides is 1. The van der Waals surface area contributed by atoms with Crippen molar-refractivity contribution < 1.29 is 0 Å². The lowest BCUT2D eigenvalue weighted by Gasteiger charge is -2.25. The third-order valence-electron chi connectivity index (χ3n) is 3.21. The molecule has 0 unspecified atom stereocenters. The van der Waals surface area contributed by atoms with Crippen molar-refractivity contribution in [3.8, 4) is 0 Å². The van der Waals surface area contributed by atoms with E-state index in [-0.39, 0.29) is 0 Å². The van der Waals surface area contributed by atoms with E-state index in [1.165, 1.54) is 31.2 Å². The summed E-state index contributed by atoms with van der Waals surface area (Å²) in [6, 6.07) is 9.11. The fourth-order valence-corrected chi connectivity index (χ4v) is 2.94. The summed E-state index contributed by atoms with van der Waals surface area (Å²) >= 11 is 2.59. The van der Waals surface area contributed by atoms with Crippen LogP contribution in [-0.4, -0.2) is 3.92 Å². The van der Waals surface area contributed by atoms with Gasteiger partial charge in [-0.05, 0) is 44.1 Å². The van der Waals surface area contributed by atoms with Crippen molar-refractivity contribution in [1.29, 1.82) is 0 Å². The maximum Gasteiger partial charge on any atom is 0.0110 e. The van der Waals surface area contributed by atoms with Crippen molar-refractivity contribution >= 4 is 22.6 Å². The first-order valence-corrected chi connectivity index (χ1v) is 6.71. The minimum absolute atomic E-state index is 0.835. The average molecular weight is 300 g/mol. The van der Waals surface area contributed by atoms with Crippen LogP contribution in [0.5, 0.6) is 0 Å². The highest BCUT2D eigenvalue weighted by Crippen LogP contribution is 2.35. The van der Waals surface area contributed by atoms with E-state index in [1.807, 2.05) is 0 Å². The van der Waals surface area contributed by atoms with Crippen molar-refractivity contribution in [1.82, 2.24) is 0 Å². The van der Waals surface area contributed by atoms with E-state index in [2.05, 4.69) is 53.8 Å². The number of hydrogen-bond donors (Lipinski definition) is 0. The molecule has 0 bridgehead atoms. The minimum atomic E-state index is 0.835. The van der Waals surface area contributed by atoms with Crippen LogP contribution in [0.3, 0.4) is 0 Å². The Balaban J connectivity index is 2.05. The summed E-state index contributed by atoms with van der Waals surface area (Å²) in [5.74, 6) is 0.835. The molecule has 0 spiro atoms. The van der Waals surface area contributed by atoms with Crippen LogP contribution in [0.15, 0.2) is 24.3 Å². The molecule has 2 rings (SSSR count). The van der Waals surface area contributed by atoms with Crippen molar-refractivity contribution in [2.45, 2.75) is 42.4 Å². The van der Waals surface area contributed by atoms with Gasteiger partial charge in [0.2, 0.25) is 0 Å². The van der Waals surface area contributed by atoms with Crippen molar-refractivity contribution in [2.75, 3.05) is 0 Å². The zero-order valence-corrected chi connectivity index (χ0v) is 10.8. The van der Waals surface area contributed by atoms with Gasteiger partial charge in [0, 0.05) is 3.92 Å². The van der Waals surface area contributed by atoms with Gasteiger partial charge >= 0.3 is 0 Å². The van der Waals surface area contributed by atoms with Gasteiger partial charge in [-0.1, -0.05) is 52.4 Å². The summed E-state index contributed by atoms with van der Waals surface area (Å²) in [7, 11) is 0. The predicted molar refractivity (Wildman–Crippen MR) is 70.2 cm³/mol. The molecule has 0 saturated heterocycles. The Morgan fingerprint density at radius 1 is 1.00 bits per heavy atom. The second-order valence-corrected chi connectivity index (χ2v) is 6.12. The molecule has 1 aliphatic rings. The maximum absolute atomic E-state index is 2.59. The normalized spacial score (nSPS) is 27.6. The van der Waals surface area contributed by atoms with Crippen molar-refractivity contribution in [3.63, 3.8) is 0 Å². The maximum atomic E-state index is 2.59. The van der Waals surface area contributed by atoms with Crippen LogP contribution in [0, 0.1) is 6.92 Å². The molecule has 0 atom stereocenters. The molecule has 0 nitrogen and oxygen atoms in total. The van der Waals surface area contributed by atoms with Gasteiger partial charge in [0.05, 0.1) is 0 Å². The fourth-order valence-electron chi connectivity index (χ4n) is 2.22. The largest absolute Gasteiger partial charge is 0.0826 e. The molecule has 0 radical (unpaired) electrons. The van der Waals surface area contributed by atoms with E-state index in [4.69, 9.17) is 0 Å². The van der Waals surface area contributed by atoms with Crippen LogP contribution in [0.25, 0.3) is 0 Å². The van der Waals surface area contributed by atoms with Crippen LogP contribution in [0.1, 0.15) is 42.7 Å². The molecule has 0 heterocycles. The zero-order valence-electron chi connectivity index (χ0n) is 8.67. The first kappa shape index (κ1) is 10.5. The number of halogens is 1. The third-order valence-corrected chi connectivity index (χ3v) is 4.45. The Bertz CT molecular complexity index is 281. The van der Waals surface area contributed by atoms with Gasteiger partial charge in [-0.3, -0.25) is 0 Å². The molecule has 1 aliphatic carbocycles. The lowest BCUT2D eigenvalue weighted by atomic mass is 9.84. The Kier molecular flexibility index (Phi) is 3.47. The molecule has 0 aliphatic heterocycles. The number of hydrogen-bond acceptors (Lipinski definition) is 0. The van der Waals surface area contributed by atoms with E-state index < -0.39 is 0 Å². The topological polar surface area (TPSA) is 0 Å². The summed E-state index contributed by atoms with van der Waals surface area (Å²) in [5.41, 5.74) is 2.93. The summed E-state index contributed by atoms with van der Waals surface area (Å²) in [4.78, 5) is 0. The number of aryl methyl sites for hydroxylation is 1. The molecule has 1 aromatic rings. The molecule has 14 heavy (non-hydrogen) atoms. The van der Waals surface area contributed by atoms with E-state index >= 15 is 0 Å². The van der Waals surface area contributed by atoms with E-state index in [0.717, 1.165) is 9.84 Å². The molecular formula is C13H17I. The monoisotopic (exact) mass is 300 g/mol. The molecule has 1 heteroatoms. The van der Waals surface area contributed by atoms with E-state index in [1.54, 1.807) is 5.56 Å². The van der Waals surface area contributed by atoms with Gasteiger partial charge < -0.3 is 0 Å². The standard InChI is InChI=1S/C13H17I/c1-10-2-4-11(5-3-10)12-6-8-13(14)9-7-12/h2-5,12-13H,6-9H2,1H3. The first-order valence-electron chi connectivity index (χ1n) is 5.46. The smallest absolute Gasteiger partial charge is 0.0110 e. The highest BCUT2D eigenvalue weighted by Gasteiger charge is 2.19. The Hall–Kier alpha value is -0.0500. The second kappa shape index (κ2) is 4.65. The average Bonchev–Trinajstić information content (AvgIpc) is 2.21. The minimum Gasteiger partial charge on any atom is -0.0826 e. The molecule has 1 aromatic carbocycles. The highest BCUT2D eigenvalue weighted by molar-refractivity contribution is 14.1.